The third-order valence-corrected chi connectivity index (χ3v) is 7.99. The van der Waals surface area contributed by atoms with E-state index in [1.165, 1.54) is 16.2 Å². The van der Waals surface area contributed by atoms with E-state index in [2.05, 4.69) is 10.2 Å². The molecule has 1 amide bonds. The Morgan fingerprint density at radius 2 is 1.86 bits per heavy atom. The highest BCUT2D eigenvalue weighted by Crippen LogP contribution is 2.45. The summed E-state index contributed by atoms with van der Waals surface area (Å²) in [6.07, 6.45) is 0.698. The van der Waals surface area contributed by atoms with Crippen LogP contribution in [0.1, 0.15) is 47.2 Å². The highest BCUT2D eigenvalue weighted by atomic mass is 32.1. The van der Waals surface area contributed by atoms with Crippen molar-refractivity contribution in [1.29, 1.82) is 0 Å². The maximum atomic E-state index is 13.6. The van der Waals surface area contributed by atoms with Gasteiger partial charge in [0.1, 0.15) is 29.2 Å². The molecule has 1 fully saturated rings. The molecule has 10 heteroatoms. The first-order valence-corrected chi connectivity index (χ1v) is 14.5. The van der Waals surface area contributed by atoms with Crippen molar-refractivity contribution in [2.24, 2.45) is 0 Å². The fourth-order valence-corrected chi connectivity index (χ4v) is 5.99. The number of rotatable bonds is 8. The number of benzene rings is 3. The lowest BCUT2D eigenvalue weighted by Gasteiger charge is -2.24. The summed E-state index contributed by atoms with van der Waals surface area (Å²) >= 11 is 1.19. The van der Waals surface area contributed by atoms with Crippen LogP contribution in [0.2, 0.25) is 0 Å². The monoisotopic (exact) mass is 583 g/mol. The van der Waals surface area contributed by atoms with Crippen LogP contribution in [0, 0.1) is 6.92 Å². The molecule has 2 atom stereocenters. The van der Waals surface area contributed by atoms with Crippen molar-refractivity contribution in [1.82, 2.24) is 10.2 Å². The zero-order valence-corrected chi connectivity index (χ0v) is 24.2. The van der Waals surface area contributed by atoms with Gasteiger partial charge in [-0.1, -0.05) is 47.7 Å². The van der Waals surface area contributed by atoms with Crippen molar-refractivity contribution in [3.05, 3.63) is 99.6 Å². The van der Waals surface area contributed by atoms with E-state index in [1.807, 2.05) is 44.2 Å². The molecule has 6 rings (SSSR count). The zero-order valence-electron chi connectivity index (χ0n) is 23.4. The minimum Gasteiger partial charge on any atom is -0.507 e. The van der Waals surface area contributed by atoms with Crippen LogP contribution in [0.15, 0.2) is 72.3 Å². The minimum absolute atomic E-state index is 0.0169. The van der Waals surface area contributed by atoms with Gasteiger partial charge in [-0.25, -0.2) is 0 Å². The standard InChI is InChI=1S/C32H29N3O6S/c1-4-39-26-16-21(10-13-25(26)40-17-20-8-6-5-7-9-20)28-27(30(37)31(38)35(28)32-34-33-19(3)42-32)29(36)22-11-12-24-23(15-22)14-18(2)41-24/h5-13,15-16,18,28,36H,4,14,17H2,1-3H3/b29-27+/t18-,28-/m0/s1. The van der Waals surface area contributed by atoms with Crippen molar-refractivity contribution < 1.29 is 28.9 Å². The number of ether oxygens (including phenoxy) is 3. The molecular formula is C32H29N3O6S. The second-order valence-electron chi connectivity index (χ2n) is 10.1. The maximum absolute atomic E-state index is 13.6. The molecular weight excluding hydrogens is 554 g/mol. The lowest BCUT2D eigenvalue weighted by atomic mass is 9.94. The first-order valence-electron chi connectivity index (χ1n) is 13.7. The summed E-state index contributed by atoms with van der Waals surface area (Å²) in [5.41, 5.74) is 2.86. The van der Waals surface area contributed by atoms with Gasteiger partial charge in [-0.3, -0.25) is 14.5 Å². The van der Waals surface area contributed by atoms with Gasteiger partial charge in [0.25, 0.3) is 5.78 Å². The van der Waals surface area contributed by atoms with E-state index in [0.717, 1.165) is 16.9 Å². The Balaban J connectivity index is 1.45. The Hall–Kier alpha value is -4.70. The Kier molecular flexibility index (Phi) is 7.38. The number of aliphatic hydroxyl groups excluding tert-OH is 1. The molecule has 3 aromatic carbocycles. The normalized spacial score (nSPS) is 19.1. The Labute approximate surface area is 247 Å². The molecule has 2 aliphatic rings. The Bertz CT molecular complexity index is 1700. The molecule has 1 N–H and O–H groups in total. The van der Waals surface area contributed by atoms with Gasteiger partial charge in [0.15, 0.2) is 11.5 Å². The minimum atomic E-state index is -0.969. The molecule has 0 spiro atoms. The topological polar surface area (TPSA) is 111 Å². The predicted molar refractivity (Wildman–Crippen MR) is 158 cm³/mol. The lowest BCUT2D eigenvalue weighted by molar-refractivity contribution is -0.132. The molecule has 4 aromatic rings. The molecule has 0 bridgehead atoms. The fraction of sp³-hybridized carbons (Fsp3) is 0.250. The van der Waals surface area contributed by atoms with Crippen molar-refractivity contribution in [3.8, 4) is 17.2 Å². The molecule has 3 heterocycles. The van der Waals surface area contributed by atoms with E-state index in [1.54, 1.807) is 43.3 Å². The summed E-state index contributed by atoms with van der Waals surface area (Å²) < 4.78 is 17.8. The van der Waals surface area contributed by atoms with Gasteiger partial charge < -0.3 is 19.3 Å². The molecule has 0 aliphatic carbocycles. The predicted octanol–water partition coefficient (Wildman–Crippen LogP) is 5.77. The zero-order chi connectivity index (χ0) is 29.4. The molecule has 0 saturated carbocycles. The molecule has 9 nitrogen and oxygen atoms in total. The number of anilines is 1. The number of hydrogen-bond donors (Lipinski definition) is 1. The van der Waals surface area contributed by atoms with E-state index >= 15 is 0 Å². The maximum Gasteiger partial charge on any atom is 0.301 e. The van der Waals surface area contributed by atoms with Gasteiger partial charge in [0, 0.05) is 12.0 Å². The number of carbonyl (C=O) groups is 2. The van der Waals surface area contributed by atoms with Crippen molar-refractivity contribution in [2.45, 2.75) is 45.9 Å². The smallest absolute Gasteiger partial charge is 0.301 e. The number of aromatic nitrogens is 2. The van der Waals surface area contributed by atoms with Gasteiger partial charge in [-0.15, -0.1) is 10.2 Å². The van der Waals surface area contributed by atoms with Crippen LogP contribution in [0.4, 0.5) is 5.13 Å². The van der Waals surface area contributed by atoms with Gasteiger partial charge in [-0.05, 0) is 67.8 Å². The van der Waals surface area contributed by atoms with Crippen molar-refractivity contribution in [2.75, 3.05) is 11.5 Å². The van der Waals surface area contributed by atoms with E-state index in [9.17, 15) is 14.7 Å². The van der Waals surface area contributed by atoms with Crippen molar-refractivity contribution in [3.63, 3.8) is 0 Å². The number of carbonyl (C=O) groups excluding carboxylic acids is 2. The summed E-state index contributed by atoms with van der Waals surface area (Å²) in [6, 6.07) is 19.3. The van der Waals surface area contributed by atoms with E-state index in [-0.39, 0.29) is 22.6 Å². The lowest BCUT2D eigenvalue weighted by Crippen LogP contribution is -2.29. The van der Waals surface area contributed by atoms with Gasteiger partial charge in [0.2, 0.25) is 5.13 Å². The number of nitrogens with zero attached hydrogens (tertiary/aromatic N) is 3. The average Bonchev–Trinajstić information content (AvgIpc) is 3.66. The third kappa shape index (κ3) is 5.09. The molecule has 0 radical (unpaired) electrons. The summed E-state index contributed by atoms with van der Waals surface area (Å²) in [5, 5.41) is 20.7. The van der Waals surface area contributed by atoms with Crippen LogP contribution in [-0.2, 0) is 22.6 Å². The van der Waals surface area contributed by atoms with E-state index in [4.69, 9.17) is 14.2 Å². The average molecular weight is 584 g/mol. The molecule has 214 valence electrons. The van der Waals surface area contributed by atoms with Crippen LogP contribution >= 0.6 is 11.3 Å². The summed E-state index contributed by atoms with van der Waals surface area (Å²) in [7, 11) is 0. The SMILES string of the molecule is CCOc1cc([C@H]2/C(=C(\O)c3ccc4c(c3)C[C@H](C)O4)C(=O)C(=O)N2c2nnc(C)s2)ccc1OCc1ccccc1. The largest absolute Gasteiger partial charge is 0.507 e. The molecule has 1 aromatic heterocycles. The van der Waals surface area contributed by atoms with Crippen molar-refractivity contribution >= 4 is 33.9 Å². The summed E-state index contributed by atoms with van der Waals surface area (Å²) in [6.45, 7) is 6.31. The number of aliphatic hydroxyl groups is 1. The number of hydrogen-bond acceptors (Lipinski definition) is 9. The quantitative estimate of drug-likeness (QED) is 0.158. The summed E-state index contributed by atoms with van der Waals surface area (Å²) in [4.78, 5) is 28.4. The first kappa shape index (κ1) is 27.5. The fourth-order valence-electron chi connectivity index (χ4n) is 5.27. The summed E-state index contributed by atoms with van der Waals surface area (Å²) in [5.74, 6) is -0.162. The number of ketones is 1. The Morgan fingerprint density at radius 3 is 2.60 bits per heavy atom. The first-order chi connectivity index (χ1) is 20.3. The third-order valence-electron chi connectivity index (χ3n) is 7.16. The number of Topliss-reactive ketones (excluding diaryl/α,β-unsaturated/α-hetero) is 1. The van der Waals surface area contributed by atoms with E-state index < -0.39 is 17.7 Å². The molecule has 1 saturated heterocycles. The second-order valence-corrected chi connectivity index (χ2v) is 11.3. The van der Waals surface area contributed by atoms with Gasteiger partial charge in [-0.2, -0.15) is 0 Å². The molecule has 0 unspecified atom stereocenters. The molecule has 42 heavy (non-hydrogen) atoms. The molecule has 2 aliphatic heterocycles. The van der Waals surface area contributed by atoms with Crippen LogP contribution in [0.3, 0.4) is 0 Å². The number of amides is 1. The van der Waals surface area contributed by atoms with E-state index in [0.29, 0.717) is 47.3 Å². The Morgan fingerprint density at radius 1 is 1.05 bits per heavy atom. The highest BCUT2D eigenvalue weighted by Gasteiger charge is 2.48. The van der Waals surface area contributed by atoms with Gasteiger partial charge in [0.05, 0.1) is 18.2 Å². The van der Waals surface area contributed by atoms with Crippen LogP contribution in [0.5, 0.6) is 17.2 Å². The number of fused-ring (bicyclic) bond motifs is 1. The van der Waals surface area contributed by atoms with Crippen LogP contribution < -0.4 is 19.1 Å². The highest BCUT2D eigenvalue weighted by molar-refractivity contribution is 7.15. The second kappa shape index (κ2) is 11.3. The van der Waals surface area contributed by atoms with Gasteiger partial charge >= 0.3 is 5.91 Å². The number of aryl methyl sites for hydroxylation is 1. The van der Waals surface area contributed by atoms with Crippen LogP contribution in [-0.4, -0.2) is 39.7 Å². The van der Waals surface area contributed by atoms with Crippen LogP contribution in [0.25, 0.3) is 5.76 Å².